The normalized spacial score (nSPS) is 16.7. The predicted molar refractivity (Wildman–Crippen MR) is 220 cm³/mol. The number of halogens is 2. The summed E-state index contributed by atoms with van der Waals surface area (Å²) < 4.78 is 43.8. The number of nitrogens with zero attached hydrogens (tertiary/aromatic N) is 4. The second-order valence-corrected chi connectivity index (χ2v) is 15.2. The van der Waals surface area contributed by atoms with Crippen LogP contribution in [0.5, 0.6) is 23.0 Å². The maximum Gasteiger partial charge on any atom is 0.151 e. The smallest absolute Gasteiger partial charge is 0.151 e. The lowest BCUT2D eigenvalue weighted by molar-refractivity contribution is 0.359. The summed E-state index contributed by atoms with van der Waals surface area (Å²) in [6.45, 7) is 0. The number of fused-ring (bicyclic) bond motifs is 6. The Bertz CT molecular complexity index is 2730. The molecular formula is C50H32F2N4O2. The van der Waals surface area contributed by atoms with E-state index in [0.29, 0.717) is 57.1 Å². The molecule has 0 amide bonds. The molecule has 0 unspecified atom stereocenters. The first-order valence-electron chi connectivity index (χ1n) is 19.5. The molecule has 7 aromatic carbocycles. The number of benzene rings is 7. The van der Waals surface area contributed by atoms with Gasteiger partial charge in [-0.15, -0.1) is 0 Å². The first kappa shape index (κ1) is 33.9. The van der Waals surface area contributed by atoms with Gasteiger partial charge in [-0.2, -0.15) is 10.5 Å². The number of hydrogen-bond acceptors (Lipinski definition) is 6. The largest absolute Gasteiger partial charge is 0.453 e. The Labute approximate surface area is 334 Å². The Kier molecular flexibility index (Phi) is 7.64. The zero-order chi connectivity index (χ0) is 39.1. The second-order valence-electron chi connectivity index (χ2n) is 15.2. The number of rotatable bonds is 4. The minimum Gasteiger partial charge on any atom is -0.453 e. The molecule has 12 rings (SSSR count). The number of anilines is 6. The van der Waals surface area contributed by atoms with E-state index in [2.05, 4.69) is 12.1 Å². The van der Waals surface area contributed by atoms with Gasteiger partial charge in [-0.1, -0.05) is 72.8 Å². The molecule has 1 saturated carbocycles. The second kappa shape index (κ2) is 13.1. The average molecular weight is 759 g/mol. The van der Waals surface area contributed by atoms with Crippen molar-refractivity contribution in [2.45, 2.75) is 37.5 Å². The van der Waals surface area contributed by atoms with Crippen molar-refractivity contribution in [3.63, 3.8) is 0 Å². The molecule has 1 fully saturated rings. The van der Waals surface area contributed by atoms with Crippen molar-refractivity contribution in [1.29, 1.82) is 10.5 Å². The lowest BCUT2D eigenvalue weighted by atomic mass is 9.64. The maximum atomic E-state index is 15.4. The molecule has 0 aromatic heterocycles. The van der Waals surface area contributed by atoms with E-state index in [0.717, 1.165) is 59.1 Å². The van der Waals surface area contributed by atoms with Gasteiger partial charge >= 0.3 is 0 Å². The van der Waals surface area contributed by atoms with Gasteiger partial charge in [0.1, 0.15) is 23.8 Å². The zero-order valence-electron chi connectivity index (χ0n) is 31.0. The van der Waals surface area contributed by atoms with Crippen LogP contribution in [0.4, 0.5) is 42.9 Å². The highest BCUT2D eigenvalue weighted by Crippen LogP contribution is 2.64. The van der Waals surface area contributed by atoms with E-state index in [4.69, 9.17) is 9.47 Å². The highest BCUT2D eigenvalue weighted by atomic mass is 19.1. The summed E-state index contributed by atoms with van der Waals surface area (Å²) in [5.41, 5.74) is 9.25. The van der Waals surface area contributed by atoms with Gasteiger partial charge in [0.15, 0.2) is 23.0 Å². The Balaban J connectivity index is 1.24. The highest BCUT2D eigenvalue weighted by Gasteiger charge is 2.45. The fraction of sp³-hybridized carbons (Fsp3) is 0.120. The molecule has 0 spiro atoms. The van der Waals surface area contributed by atoms with Crippen LogP contribution in [0, 0.1) is 34.3 Å². The maximum absolute atomic E-state index is 15.4. The van der Waals surface area contributed by atoms with E-state index >= 15 is 8.78 Å². The Morgan fingerprint density at radius 1 is 0.448 bits per heavy atom. The molecule has 3 aliphatic carbocycles. The van der Waals surface area contributed by atoms with Gasteiger partial charge in [0.05, 0.1) is 45.3 Å². The Morgan fingerprint density at radius 3 is 1.19 bits per heavy atom. The molecule has 5 aliphatic rings. The average Bonchev–Trinajstić information content (AvgIpc) is 3.27. The molecule has 6 nitrogen and oxygen atoms in total. The van der Waals surface area contributed by atoms with Gasteiger partial charge in [0, 0.05) is 12.1 Å². The minimum absolute atomic E-state index is 0.0392. The van der Waals surface area contributed by atoms with E-state index in [1.165, 1.54) is 24.3 Å². The number of ether oxygens (including phenoxy) is 2. The lowest BCUT2D eigenvalue weighted by Gasteiger charge is -2.46. The zero-order valence-corrected chi connectivity index (χ0v) is 31.0. The van der Waals surface area contributed by atoms with E-state index in [1.807, 2.05) is 107 Å². The van der Waals surface area contributed by atoms with Gasteiger partial charge in [0.25, 0.3) is 0 Å². The van der Waals surface area contributed by atoms with Crippen molar-refractivity contribution in [2.75, 3.05) is 9.80 Å². The third-order valence-electron chi connectivity index (χ3n) is 12.1. The van der Waals surface area contributed by atoms with Crippen molar-refractivity contribution in [1.82, 2.24) is 0 Å². The van der Waals surface area contributed by atoms with Gasteiger partial charge < -0.3 is 19.3 Å². The molecule has 2 heterocycles. The van der Waals surface area contributed by atoms with Crippen molar-refractivity contribution in [3.05, 3.63) is 167 Å². The van der Waals surface area contributed by atoms with E-state index in [1.54, 1.807) is 12.1 Å². The SMILES string of the molecule is N#Cc1c(C#N)c(N2c3cc(F)ccc3Oc3ccc(-c4ccccc4)cc32)c2c(c1N1c3cc(F)ccc3Oc3ccc(-c4ccccc4)cc31)C1CCC2CC1. The molecule has 0 saturated heterocycles. The topological polar surface area (TPSA) is 72.5 Å². The Morgan fingerprint density at radius 2 is 0.810 bits per heavy atom. The molecule has 0 atom stereocenters. The molecular weight excluding hydrogens is 727 g/mol. The minimum atomic E-state index is -0.459. The molecule has 58 heavy (non-hydrogen) atoms. The van der Waals surface area contributed by atoms with Crippen LogP contribution in [0.2, 0.25) is 0 Å². The van der Waals surface area contributed by atoms with Crippen LogP contribution in [0.25, 0.3) is 22.3 Å². The van der Waals surface area contributed by atoms with Gasteiger partial charge in [-0.05, 0) is 119 Å². The van der Waals surface area contributed by atoms with Crippen molar-refractivity contribution in [2.24, 2.45) is 0 Å². The predicted octanol–water partition coefficient (Wildman–Crippen LogP) is 13.9. The number of hydrogen-bond donors (Lipinski definition) is 0. The molecule has 2 aliphatic heterocycles. The van der Waals surface area contributed by atoms with Gasteiger partial charge in [-0.3, -0.25) is 0 Å². The van der Waals surface area contributed by atoms with Gasteiger partial charge in [0.2, 0.25) is 0 Å². The highest BCUT2D eigenvalue weighted by molar-refractivity contribution is 5.99. The van der Waals surface area contributed by atoms with Crippen LogP contribution < -0.4 is 19.3 Å². The summed E-state index contributed by atoms with van der Waals surface area (Å²) in [4.78, 5) is 3.89. The van der Waals surface area contributed by atoms with Gasteiger partial charge in [-0.25, -0.2) is 8.78 Å². The van der Waals surface area contributed by atoms with Crippen molar-refractivity contribution < 1.29 is 18.3 Å². The van der Waals surface area contributed by atoms with E-state index in [-0.39, 0.29) is 23.0 Å². The summed E-state index contributed by atoms with van der Waals surface area (Å²) in [7, 11) is 0. The van der Waals surface area contributed by atoms with E-state index < -0.39 is 11.6 Å². The quantitative estimate of drug-likeness (QED) is 0.178. The summed E-state index contributed by atoms with van der Waals surface area (Å²) in [6, 6.07) is 45.5. The summed E-state index contributed by atoms with van der Waals surface area (Å²) in [5, 5.41) is 22.9. The molecule has 8 heteroatoms. The first-order valence-corrected chi connectivity index (χ1v) is 19.5. The fourth-order valence-electron chi connectivity index (χ4n) is 9.60. The standard InChI is InChI=1S/C50H32F2N4O2/c51-35-17-21-45-41(25-35)55(39-23-33(15-19-43(39)57-45)29-7-3-1-4-8-29)49-37(27-53)38(28-54)50(48-32-13-11-31(12-14-32)47(48)49)56-40-24-34(30-9-5-2-6-10-30)16-20-44(40)58-46-22-18-36(52)26-42(46)56/h1-10,15-26,31-32H,11-14H2. The van der Waals surface area contributed by atoms with Crippen molar-refractivity contribution >= 4 is 34.1 Å². The monoisotopic (exact) mass is 758 g/mol. The number of nitriles is 2. The molecule has 0 N–H and O–H groups in total. The van der Waals surface area contributed by atoms with Crippen LogP contribution in [-0.4, -0.2) is 0 Å². The van der Waals surface area contributed by atoms with Crippen LogP contribution >= 0.6 is 0 Å². The summed E-state index contributed by atoms with van der Waals surface area (Å²) in [6.07, 6.45) is 3.56. The fourth-order valence-corrected chi connectivity index (χ4v) is 9.60. The van der Waals surface area contributed by atoms with Crippen LogP contribution in [0.15, 0.2) is 133 Å². The molecule has 0 radical (unpaired) electrons. The third-order valence-corrected chi connectivity index (χ3v) is 12.1. The molecule has 7 aromatic rings. The van der Waals surface area contributed by atoms with E-state index in [9.17, 15) is 10.5 Å². The van der Waals surface area contributed by atoms with Crippen LogP contribution in [0.3, 0.4) is 0 Å². The third kappa shape index (κ3) is 5.12. The Hall–Kier alpha value is -7.42. The lowest BCUT2D eigenvalue weighted by Crippen LogP contribution is -2.30. The van der Waals surface area contributed by atoms with Crippen molar-refractivity contribution in [3.8, 4) is 57.4 Å². The molecule has 278 valence electrons. The van der Waals surface area contributed by atoms with Crippen LogP contribution in [0.1, 0.15) is 59.8 Å². The van der Waals surface area contributed by atoms with Crippen LogP contribution in [-0.2, 0) is 0 Å². The molecule has 2 bridgehead atoms. The first-order chi connectivity index (χ1) is 28.5. The summed E-state index contributed by atoms with van der Waals surface area (Å²) in [5.74, 6) is 1.11. The summed E-state index contributed by atoms with van der Waals surface area (Å²) >= 11 is 0.